The van der Waals surface area contributed by atoms with E-state index in [0.717, 1.165) is 36.8 Å². The Morgan fingerprint density at radius 3 is 2.52 bits per heavy atom. The molecule has 2 aliphatic rings. The predicted molar refractivity (Wildman–Crippen MR) is 78.8 cm³/mol. The van der Waals surface area contributed by atoms with E-state index in [1.54, 1.807) is 4.90 Å². The molecule has 4 nitrogen and oxygen atoms in total. The van der Waals surface area contributed by atoms with Crippen LogP contribution in [0.15, 0.2) is 24.3 Å². The van der Waals surface area contributed by atoms with Gasteiger partial charge in [-0.25, -0.2) is 0 Å². The molecule has 1 fully saturated rings. The third-order valence-corrected chi connectivity index (χ3v) is 4.76. The van der Waals surface area contributed by atoms with Crippen molar-refractivity contribution < 1.29 is 14.7 Å². The Kier molecular flexibility index (Phi) is 3.95. The molecule has 1 atom stereocenters. The van der Waals surface area contributed by atoms with E-state index < -0.39 is 11.9 Å². The van der Waals surface area contributed by atoms with Crippen molar-refractivity contribution in [1.29, 1.82) is 0 Å². The molecular weight excluding hydrogens is 266 g/mol. The highest BCUT2D eigenvalue weighted by Crippen LogP contribution is 2.32. The van der Waals surface area contributed by atoms with E-state index >= 15 is 0 Å². The van der Waals surface area contributed by atoms with Crippen molar-refractivity contribution in [3.05, 3.63) is 35.4 Å². The highest BCUT2D eigenvalue weighted by molar-refractivity contribution is 5.82. The second kappa shape index (κ2) is 5.88. The fraction of sp³-hybridized carbons (Fsp3) is 0.529. The van der Waals surface area contributed by atoms with E-state index in [1.165, 1.54) is 6.42 Å². The van der Waals surface area contributed by atoms with Crippen LogP contribution in [0.5, 0.6) is 0 Å². The van der Waals surface area contributed by atoms with Gasteiger partial charge in [0.1, 0.15) is 0 Å². The number of hydrogen-bond acceptors (Lipinski definition) is 2. The normalized spacial score (nSPS) is 22.7. The number of hydrogen-bond donors (Lipinski definition) is 1. The number of aliphatic carboxylic acids is 1. The molecule has 1 aliphatic heterocycles. The van der Waals surface area contributed by atoms with Crippen molar-refractivity contribution in [1.82, 2.24) is 4.90 Å². The summed E-state index contributed by atoms with van der Waals surface area (Å²) in [6.07, 6.45) is 5.35. The van der Waals surface area contributed by atoms with Gasteiger partial charge in [0.15, 0.2) is 0 Å². The minimum atomic E-state index is -0.844. The Labute approximate surface area is 124 Å². The smallest absolute Gasteiger partial charge is 0.312 e. The van der Waals surface area contributed by atoms with Crippen molar-refractivity contribution in [3.63, 3.8) is 0 Å². The zero-order chi connectivity index (χ0) is 14.8. The highest BCUT2D eigenvalue weighted by atomic mass is 16.4. The van der Waals surface area contributed by atoms with Crippen LogP contribution in [0.25, 0.3) is 0 Å². The Balaban J connectivity index is 1.82. The van der Waals surface area contributed by atoms with E-state index in [9.17, 15) is 14.7 Å². The molecular formula is C17H21NO3. The lowest BCUT2D eigenvalue weighted by Crippen LogP contribution is -2.43. The lowest BCUT2D eigenvalue weighted by atomic mass is 9.85. The minimum absolute atomic E-state index is 0.0958. The standard InChI is InChI=1S/C17H21NO3/c19-16(12-6-2-1-3-7-12)18-10-13-8-4-5-9-14(13)15(11-18)17(20)21/h4-5,8-9,12,15H,1-3,6-7,10-11H2,(H,20,21). The zero-order valence-electron chi connectivity index (χ0n) is 12.1. The van der Waals surface area contributed by atoms with Gasteiger partial charge in [-0.2, -0.15) is 0 Å². The maximum Gasteiger partial charge on any atom is 0.312 e. The summed E-state index contributed by atoms with van der Waals surface area (Å²) in [6.45, 7) is 0.858. The summed E-state index contributed by atoms with van der Waals surface area (Å²) < 4.78 is 0. The van der Waals surface area contributed by atoms with Crippen molar-refractivity contribution in [2.24, 2.45) is 5.92 Å². The first-order valence-electron chi connectivity index (χ1n) is 7.76. The van der Waals surface area contributed by atoms with Crippen LogP contribution in [0.2, 0.25) is 0 Å². The third-order valence-electron chi connectivity index (χ3n) is 4.76. The lowest BCUT2D eigenvalue weighted by molar-refractivity contribution is -0.143. The fourth-order valence-corrected chi connectivity index (χ4v) is 3.59. The molecule has 1 N–H and O–H groups in total. The number of carboxylic acids is 1. The van der Waals surface area contributed by atoms with Gasteiger partial charge in [0.05, 0.1) is 5.92 Å². The topological polar surface area (TPSA) is 57.6 Å². The molecule has 1 unspecified atom stereocenters. The molecule has 1 amide bonds. The predicted octanol–water partition coefficient (Wildman–Crippen LogP) is 2.78. The Morgan fingerprint density at radius 2 is 1.81 bits per heavy atom. The highest BCUT2D eigenvalue weighted by Gasteiger charge is 2.35. The summed E-state index contributed by atoms with van der Waals surface area (Å²) in [4.78, 5) is 25.9. The quantitative estimate of drug-likeness (QED) is 0.910. The van der Waals surface area contributed by atoms with Gasteiger partial charge in [0.2, 0.25) is 5.91 Å². The van der Waals surface area contributed by atoms with Crippen LogP contribution in [-0.4, -0.2) is 28.4 Å². The molecule has 1 heterocycles. The second-order valence-electron chi connectivity index (χ2n) is 6.14. The Hall–Kier alpha value is -1.84. The summed E-state index contributed by atoms with van der Waals surface area (Å²) in [7, 11) is 0. The molecule has 1 aromatic rings. The van der Waals surface area contributed by atoms with Gasteiger partial charge in [-0.05, 0) is 24.0 Å². The van der Waals surface area contributed by atoms with Crippen LogP contribution in [-0.2, 0) is 16.1 Å². The summed E-state index contributed by atoms with van der Waals surface area (Å²) in [6, 6.07) is 7.59. The molecule has 0 bridgehead atoms. The van der Waals surface area contributed by atoms with E-state index in [0.29, 0.717) is 13.1 Å². The number of carbonyl (C=O) groups is 2. The zero-order valence-corrected chi connectivity index (χ0v) is 12.1. The van der Waals surface area contributed by atoms with E-state index in [1.807, 2.05) is 24.3 Å². The van der Waals surface area contributed by atoms with Crippen LogP contribution < -0.4 is 0 Å². The number of fused-ring (bicyclic) bond motifs is 1. The number of nitrogens with zero attached hydrogens (tertiary/aromatic N) is 1. The van der Waals surface area contributed by atoms with E-state index in [-0.39, 0.29) is 11.8 Å². The Bertz CT molecular complexity index is 549. The van der Waals surface area contributed by atoms with Gasteiger partial charge in [-0.15, -0.1) is 0 Å². The van der Waals surface area contributed by atoms with Crippen LogP contribution >= 0.6 is 0 Å². The molecule has 1 aliphatic carbocycles. The number of benzene rings is 1. The summed E-state index contributed by atoms with van der Waals surface area (Å²) in [5.74, 6) is -1.19. The van der Waals surface area contributed by atoms with Crippen molar-refractivity contribution >= 4 is 11.9 Å². The largest absolute Gasteiger partial charge is 0.481 e. The van der Waals surface area contributed by atoms with E-state index in [2.05, 4.69) is 0 Å². The number of rotatable bonds is 2. The van der Waals surface area contributed by atoms with Crippen molar-refractivity contribution in [2.45, 2.75) is 44.6 Å². The first-order valence-corrected chi connectivity index (χ1v) is 7.76. The van der Waals surface area contributed by atoms with Gasteiger partial charge < -0.3 is 10.0 Å². The SMILES string of the molecule is O=C(O)C1CN(C(=O)C2CCCCC2)Cc2ccccc21. The summed E-state index contributed by atoms with van der Waals surface area (Å²) in [5, 5.41) is 9.46. The maximum atomic E-state index is 12.7. The Morgan fingerprint density at radius 1 is 1.10 bits per heavy atom. The summed E-state index contributed by atoms with van der Waals surface area (Å²) >= 11 is 0. The van der Waals surface area contributed by atoms with E-state index in [4.69, 9.17) is 0 Å². The minimum Gasteiger partial charge on any atom is -0.481 e. The van der Waals surface area contributed by atoms with Crippen LogP contribution in [0.3, 0.4) is 0 Å². The van der Waals surface area contributed by atoms with Crippen molar-refractivity contribution in [2.75, 3.05) is 6.54 Å². The van der Waals surface area contributed by atoms with Crippen LogP contribution in [0.4, 0.5) is 0 Å². The van der Waals surface area contributed by atoms with Crippen LogP contribution in [0, 0.1) is 5.92 Å². The first kappa shape index (κ1) is 14.1. The van der Waals surface area contributed by atoms with Gasteiger partial charge >= 0.3 is 5.97 Å². The van der Waals surface area contributed by atoms with Gasteiger partial charge in [-0.3, -0.25) is 9.59 Å². The number of carbonyl (C=O) groups excluding carboxylic acids is 1. The molecule has 1 saturated carbocycles. The monoisotopic (exact) mass is 287 g/mol. The molecule has 21 heavy (non-hydrogen) atoms. The summed E-state index contributed by atoms with van der Waals surface area (Å²) in [5.41, 5.74) is 1.83. The maximum absolute atomic E-state index is 12.7. The molecule has 1 aromatic carbocycles. The molecule has 0 saturated heterocycles. The van der Waals surface area contributed by atoms with Crippen molar-refractivity contribution in [3.8, 4) is 0 Å². The molecule has 0 aromatic heterocycles. The fourth-order valence-electron chi connectivity index (χ4n) is 3.59. The molecule has 0 radical (unpaired) electrons. The van der Waals surface area contributed by atoms with Crippen LogP contribution in [0.1, 0.15) is 49.1 Å². The average Bonchev–Trinajstić information content (AvgIpc) is 2.53. The molecule has 4 heteroatoms. The number of amides is 1. The second-order valence-corrected chi connectivity index (χ2v) is 6.14. The lowest BCUT2D eigenvalue weighted by Gasteiger charge is -2.35. The molecule has 0 spiro atoms. The molecule has 112 valence electrons. The molecule has 3 rings (SSSR count). The number of carboxylic acid groups (broad SMARTS) is 1. The van der Waals surface area contributed by atoms with Gasteiger partial charge in [0.25, 0.3) is 0 Å². The third kappa shape index (κ3) is 2.80. The average molecular weight is 287 g/mol. The first-order chi connectivity index (χ1) is 10.2. The van der Waals surface area contributed by atoms with Gasteiger partial charge in [-0.1, -0.05) is 43.5 Å². The van der Waals surface area contributed by atoms with Gasteiger partial charge in [0, 0.05) is 19.0 Å².